The van der Waals surface area contributed by atoms with E-state index in [1.54, 1.807) is 6.20 Å². The molecule has 1 atom stereocenters. The van der Waals surface area contributed by atoms with E-state index in [1.165, 1.54) is 0 Å². The van der Waals surface area contributed by atoms with E-state index in [1.807, 2.05) is 24.6 Å². The van der Waals surface area contributed by atoms with Gasteiger partial charge in [-0.2, -0.15) is 8.78 Å². The fraction of sp³-hybridized carbons (Fsp3) is 0.769. The highest BCUT2D eigenvalue weighted by molar-refractivity contribution is 4.95. The van der Waals surface area contributed by atoms with Gasteiger partial charge in [0.1, 0.15) is 12.4 Å². The van der Waals surface area contributed by atoms with Crippen LogP contribution in [0.4, 0.5) is 17.6 Å². The third-order valence-corrected chi connectivity index (χ3v) is 3.00. The molecule has 4 nitrogen and oxygen atoms in total. The number of hydrogen-bond donors (Lipinski definition) is 1. The first-order valence-corrected chi connectivity index (χ1v) is 6.87. The van der Waals surface area contributed by atoms with Crippen LogP contribution in [0.2, 0.25) is 0 Å². The molecule has 0 radical (unpaired) electrons. The van der Waals surface area contributed by atoms with Crippen LogP contribution < -0.4 is 5.32 Å². The smallest absolute Gasteiger partial charge is 0.330 e. The highest BCUT2D eigenvalue weighted by atomic mass is 19.3. The molecule has 8 heteroatoms. The number of aromatic nitrogens is 2. The van der Waals surface area contributed by atoms with Crippen molar-refractivity contribution in [2.45, 2.75) is 45.2 Å². The van der Waals surface area contributed by atoms with E-state index in [-0.39, 0.29) is 12.6 Å². The second kappa shape index (κ2) is 8.33. The second-order valence-electron chi connectivity index (χ2n) is 4.67. The molecule has 0 aliphatic rings. The largest absolute Gasteiger partial charge is 0.373 e. The Labute approximate surface area is 121 Å². The molecule has 1 aromatic heterocycles. The van der Waals surface area contributed by atoms with Crippen LogP contribution in [-0.4, -0.2) is 47.7 Å². The summed E-state index contributed by atoms with van der Waals surface area (Å²) in [5.41, 5.74) is 0. The number of likely N-dealkylation sites (N-methyl/N-ethyl adjacent to an activating group) is 1. The van der Waals surface area contributed by atoms with Gasteiger partial charge in [-0.05, 0) is 13.5 Å². The highest BCUT2D eigenvalue weighted by Gasteiger charge is 2.41. The molecule has 0 aliphatic carbocycles. The summed E-state index contributed by atoms with van der Waals surface area (Å²) in [5, 5.41) is 3.08. The Bertz CT molecular complexity index is 412. The third kappa shape index (κ3) is 5.62. The maximum Gasteiger partial charge on any atom is 0.330 e. The van der Waals surface area contributed by atoms with Crippen LogP contribution >= 0.6 is 0 Å². The van der Waals surface area contributed by atoms with Gasteiger partial charge < -0.3 is 14.6 Å². The van der Waals surface area contributed by atoms with E-state index < -0.39 is 19.0 Å². The summed E-state index contributed by atoms with van der Waals surface area (Å²) in [7, 11) is 0. The minimum Gasteiger partial charge on any atom is -0.373 e. The van der Waals surface area contributed by atoms with Crippen LogP contribution in [0.15, 0.2) is 12.4 Å². The van der Waals surface area contributed by atoms with Gasteiger partial charge in [-0.3, -0.25) is 0 Å². The molecule has 0 bridgehead atoms. The van der Waals surface area contributed by atoms with E-state index in [2.05, 4.69) is 10.3 Å². The number of aryl methyl sites for hydroxylation is 1. The van der Waals surface area contributed by atoms with Crippen LogP contribution in [-0.2, 0) is 17.7 Å². The van der Waals surface area contributed by atoms with Crippen molar-refractivity contribution in [2.24, 2.45) is 0 Å². The van der Waals surface area contributed by atoms with Gasteiger partial charge in [-0.15, -0.1) is 0 Å². The zero-order chi connectivity index (χ0) is 15.9. The molecule has 0 amide bonds. The standard InChI is InChI=1S/C13H21F4N3O/c1-3-18-10(7-11-19-5-6-20(11)4-2)8-21-9-13(16,17)12(14)15/h5-6,10,12,18H,3-4,7-9H2,1-2H3. The van der Waals surface area contributed by atoms with Crippen LogP contribution in [0.5, 0.6) is 0 Å². The minimum absolute atomic E-state index is 0.0767. The second-order valence-corrected chi connectivity index (χ2v) is 4.67. The summed E-state index contributed by atoms with van der Waals surface area (Å²) >= 11 is 0. The molecule has 0 saturated carbocycles. The number of hydrogen-bond acceptors (Lipinski definition) is 3. The summed E-state index contributed by atoms with van der Waals surface area (Å²) < 4.78 is 56.3. The lowest BCUT2D eigenvalue weighted by Crippen LogP contribution is -2.39. The molecule has 1 aromatic rings. The van der Waals surface area contributed by atoms with Crippen LogP contribution in [0, 0.1) is 0 Å². The molecule has 1 heterocycles. The summed E-state index contributed by atoms with van der Waals surface area (Å²) in [6.07, 6.45) is 0.251. The van der Waals surface area contributed by atoms with Crippen molar-refractivity contribution in [1.29, 1.82) is 0 Å². The Hall–Kier alpha value is -1.15. The zero-order valence-electron chi connectivity index (χ0n) is 12.2. The van der Waals surface area contributed by atoms with Gasteiger partial charge in [0.25, 0.3) is 0 Å². The fourth-order valence-electron chi connectivity index (χ4n) is 1.92. The maximum atomic E-state index is 12.8. The molecule has 0 saturated heterocycles. The Morgan fingerprint density at radius 3 is 2.67 bits per heavy atom. The van der Waals surface area contributed by atoms with Gasteiger partial charge in [0.05, 0.1) is 6.61 Å². The first-order valence-electron chi connectivity index (χ1n) is 6.87. The summed E-state index contributed by atoms with van der Waals surface area (Å²) in [5.74, 6) is -3.31. The molecule has 122 valence electrons. The quantitative estimate of drug-likeness (QED) is 0.674. The predicted octanol–water partition coefficient (Wildman–Crippen LogP) is 2.34. The van der Waals surface area contributed by atoms with Crippen molar-refractivity contribution in [3.05, 3.63) is 18.2 Å². The Balaban J connectivity index is 2.50. The topological polar surface area (TPSA) is 39.1 Å². The summed E-state index contributed by atoms with van der Waals surface area (Å²) in [6.45, 7) is 3.84. The van der Waals surface area contributed by atoms with E-state index in [4.69, 9.17) is 4.74 Å². The van der Waals surface area contributed by atoms with Crippen LogP contribution in [0.25, 0.3) is 0 Å². The van der Waals surface area contributed by atoms with E-state index in [9.17, 15) is 17.6 Å². The number of ether oxygens (including phenoxy) is 1. The molecule has 0 fully saturated rings. The average Bonchev–Trinajstić information content (AvgIpc) is 2.85. The lowest BCUT2D eigenvalue weighted by atomic mass is 10.2. The van der Waals surface area contributed by atoms with Gasteiger partial charge in [-0.25, -0.2) is 13.8 Å². The van der Waals surface area contributed by atoms with Gasteiger partial charge in [-0.1, -0.05) is 6.92 Å². The lowest BCUT2D eigenvalue weighted by molar-refractivity contribution is -0.167. The molecule has 0 aliphatic heterocycles. The van der Waals surface area contributed by atoms with Gasteiger partial charge in [0.15, 0.2) is 0 Å². The van der Waals surface area contributed by atoms with Crippen molar-refractivity contribution in [2.75, 3.05) is 19.8 Å². The number of nitrogens with one attached hydrogen (secondary N) is 1. The van der Waals surface area contributed by atoms with Crippen molar-refractivity contribution >= 4 is 0 Å². The molecule has 1 unspecified atom stereocenters. The SMILES string of the molecule is CCNC(COCC(F)(F)C(F)F)Cc1nccn1CC. The number of alkyl halides is 4. The Kier molecular flexibility index (Phi) is 7.10. The van der Waals surface area contributed by atoms with Gasteiger partial charge >= 0.3 is 12.3 Å². The molecule has 1 N–H and O–H groups in total. The number of imidazole rings is 1. The normalized spacial score (nSPS) is 13.9. The van der Waals surface area contributed by atoms with Crippen molar-refractivity contribution in [3.8, 4) is 0 Å². The zero-order valence-corrected chi connectivity index (χ0v) is 12.2. The van der Waals surface area contributed by atoms with Crippen LogP contribution in [0.3, 0.4) is 0 Å². The fourth-order valence-corrected chi connectivity index (χ4v) is 1.92. The van der Waals surface area contributed by atoms with Crippen molar-refractivity contribution in [1.82, 2.24) is 14.9 Å². The predicted molar refractivity (Wildman–Crippen MR) is 70.8 cm³/mol. The van der Waals surface area contributed by atoms with Crippen molar-refractivity contribution < 1.29 is 22.3 Å². The number of nitrogens with zero attached hydrogens (tertiary/aromatic N) is 2. The third-order valence-electron chi connectivity index (χ3n) is 3.00. The van der Waals surface area contributed by atoms with E-state index in [0.717, 1.165) is 12.4 Å². The maximum absolute atomic E-state index is 12.8. The molecular weight excluding hydrogens is 290 g/mol. The molecule has 0 spiro atoms. The molecule has 0 aromatic carbocycles. The lowest BCUT2D eigenvalue weighted by Gasteiger charge is -2.20. The molecule has 1 rings (SSSR count). The van der Waals surface area contributed by atoms with E-state index in [0.29, 0.717) is 13.0 Å². The number of rotatable bonds is 10. The average molecular weight is 311 g/mol. The first-order chi connectivity index (χ1) is 9.90. The molecule has 21 heavy (non-hydrogen) atoms. The van der Waals surface area contributed by atoms with Gasteiger partial charge in [0, 0.05) is 31.4 Å². The monoisotopic (exact) mass is 311 g/mol. The summed E-state index contributed by atoms with van der Waals surface area (Å²) in [4.78, 5) is 4.19. The highest BCUT2D eigenvalue weighted by Crippen LogP contribution is 2.22. The van der Waals surface area contributed by atoms with Gasteiger partial charge in [0.2, 0.25) is 0 Å². The minimum atomic E-state index is -4.11. The Morgan fingerprint density at radius 2 is 2.10 bits per heavy atom. The Morgan fingerprint density at radius 1 is 1.38 bits per heavy atom. The van der Waals surface area contributed by atoms with E-state index >= 15 is 0 Å². The van der Waals surface area contributed by atoms with Crippen LogP contribution in [0.1, 0.15) is 19.7 Å². The molecular formula is C13H21F4N3O. The summed E-state index contributed by atoms with van der Waals surface area (Å²) in [6, 6.07) is -0.254. The van der Waals surface area contributed by atoms with Crippen molar-refractivity contribution in [3.63, 3.8) is 0 Å². The number of halogens is 4. The first kappa shape index (κ1) is 17.9.